The van der Waals surface area contributed by atoms with Gasteiger partial charge < -0.3 is 5.32 Å². The molecule has 26 heavy (non-hydrogen) atoms. The molecule has 1 aromatic rings. The number of unbranched alkanes of at least 4 members (excludes halogenated alkanes) is 2. The SMILES string of the molecule is CCCCCN(C(=O)NC(=O)Nc1cccc(C(F)(F)F)c1)S(C)(=O)=O. The summed E-state index contributed by atoms with van der Waals surface area (Å²) in [5, 5.41) is 3.86. The van der Waals surface area contributed by atoms with Crippen LogP contribution in [0.4, 0.5) is 28.4 Å². The van der Waals surface area contributed by atoms with Crippen molar-refractivity contribution in [3.05, 3.63) is 29.8 Å². The maximum atomic E-state index is 12.6. The molecule has 1 aromatic carbocycles. The van der Waals surface area contributed by atoms with Crippen LogP contribution >= 0.6 is 0 Å². The zero-order chi connectivity index (χ0) is 20.0. The van der Waals surface area contributed by atoms with Gasteiger partial charge in [0.05, 0.1) is 11.8 Å². The predicted octanol–water partition coefficient (Wildman–Crippen LogP) is 3.40. The van der Waals surface area contributed by atoms with Crippen molar-refractivity contribution in [2.45, 2.75) is 32.4 Å². The number of rotatable bonds is 6. The fourth-order valence-electron chi connectivity index (χ4n) is 2.02. The van der Waals surface area contributed by atoms with Gasteiger partial charge in [-0.25, -0.2) is 22.3 Å². The molecule has 4 amide bonds. The lowest BCUT2D eigenvalue weighted by molar-refractivity contribution is -0.137. The minimum atomic E-state index is -4.59. The summed E-state index contributed by atoms with van der Waals surface area (Å²) in [5.41, 5.74) is -1.17. The Morgan fingerprint density at radius 3 is 2.38 bits per heavy atom. The third-order valence-electron chi connectivity index (χ3n) is 3.26. The lowest BCUT2D eigenvalue weighted by Crippen LogP contribution is -2.47. The zero-order valence-corrected chi connectivity index (χ0v) is 15.1. The number of carbonyl (C=O) groups is 2. The molecule has 7 nitrogen and oxygen atoms in total. The number of alkyl halides is 3. The number of benzene rings is 1. The van der Waals surface area contributed by atoms with Gasteiger partial charge in [0.25, 0.3) is 0 Å². The van der Waals surface area contributed by atoms with Crippen molar-refractivity contribution in [3.63, 3.8) is 0 Å². The van der Waals surface area contributed by atoms with Crippen LogP contribution in [0.15, 0.2) is 24.3 Å². The fraction of sp³-hybridized carbons (Fsp3) is 0.467. The van der Waals surface area contributed by atoms with Crippen LogP contribution in [0.25, 0.3) is 0 Å². The van der Waals surface area contributed by atoms with E-state index in [9.17, 15) is 31.2 Å². The fourth-order valence-corrected chi connectivity index (χ4v) is 2.83. The maximum absolute atomic E-state index is 12.6. The summed E-state index contributed by atoms with van der Waals surface area (Å²) in [4.78, 5) is 23.8. The van der Waals surface area contributed by atoms with E-state index in [4.69, 9.17) is 0 Å². The van der Waals surface area contributed by atoms with E-state index in [0.717, 1.165) is 24.8 Å². The quantitative estimate of drug-likeness (QED) is 0.722. The van der Waals surface area contributed by atoms with Gasteiger partial charge in [-0.2, -0.15) is 13.2 Å². The van der Waals surface area contributed by atoms with Crippen molar-refractivity contribution in [1.29, 1.82) is 0 Å². The molecular formula is C15H20F3N3O4S. The summed E-state index contributed by atoms with van der Waals surface area (Å²) < 4.78 is 61.8. The third kappa shape index (κ3) is 6.90. The normalized spacial score (nSPS) is 11.7. The Balaban J connectivity index is 2.78. The van der Waals surface area contributed by atoms with Crippen LogP contribution < -0.4 is 10.6 Å². The van der Waals surface area contributed by atoms with E-state index in [1.165, 1.54) is 6.07 Å². The number of nitrogens with one attached hydrogen (secondary N) is 2. The summed E-state index contributed by atoms with van der Waals surface area (Å²) in [6.07, 6.45) is -1.85. The van der Waals surface area contributed by atoms with Crippen LogP contribution in [0.5, 0.6) is 0 Å². The molecule has 11 heteroatoms. The Morgan fingerprint density at radius 2 is 1.85 bits per heavy atom. The Labute approximate surface area is 149 Å². The van der Waals surface area contributed by atoms with Gasteiger partial charge in [-0.15, -0.1) is 0 Å². The molecule has 0 unspecified atom stereocenters. The molecule has 0 spiro atoms. The van der Waals surface area contributed by atoms with Crippen LogP contribution in [0, 0.1) is 0 Å². The van der Waals surface area contributed by atoms with Crippen LogP contribution in [0.1, 0.15) is 31.7 Å². The lowest BCUT2D eigenvalue weighted by atomic mass is 10.2. The first-order valence-electron chi connectivity index (χ1n) is 7.72. The molecule has 146 valence electrons. The number of urea groups is 2. The molecule has 0 atom stereocenters. The highest BCUT2D eigenvalue weighted by Gasteiger charge is 2.30. The van der Waals surface area contributed by atoms with Crippen molar-refractivity contribution in [2.75, 3.05) is 18.1 Å². The second-order valence-corrected chi connectivity index (χ2v) is 7.41. The van der Waals surface area contributed by atoms with Gasteiger partial charge in [0.2, 0.25) is 10.0 Å². The van der Waals surface area contributed by atoms with Crippen LogP contribution in [0.3, 0.4) is 0 Å². The van der Waals surface area contributed by atoms with Gasteiger partial charge in [-0.05, 0) is 24.6 Å². The molecule has 0 heterocycles. The van der Waals surface area contributed by atoms with Crippen molar-refractivity contribution in [3.8, 4) is 0 Å². The molecule has 0 aliphatic carbocycles. The summed E-state index contributed by atoms with van der Waals surface area (Å²) in [7, 11) is -3.90. The highest BCUT2D eigenvalue weighted by atomic mass is 32.2. The molecule has 0 bridgehead atoms. The standard InChI is InChI=1S/C15H20F3N3O4S/c1-3-4-5-9-21(26(2,24)25)14(23)20-13(22)19-12-8-6-7-11(10-12)15(16,17)18/h6-8,10H,3-5,9H2,1-2H3,(H2,19,20,22,23). The predicted molar refractivity (Wildman–Crippen MR) is 90.1 cm³/mol. The van der Waals surface area contributed by atoms with Gasteiger partial charge in [0.1, 0.15) is 0 Å². The number of sulfonamides is 1. The molecule has 0 radical (unpaired) electrons. The molecule has 2 N–H and O–H groups in total. The van der Waals surface area contributed by atoms with Crippen molar-refractivity contribution < 1.29 is 31.2 Å². The second-order valence-electron chi connectivity index (χ2n) is 5.51. The van der Waals surface area contributed by atoms with E-state index in [0.29, 0.717) is 23.2 Å². The molecule has 1 rings (SSSR count). The van der Waals surface area contributed by atoms with Crippen molar-refractivity contribution in [1.82, 2.24) is 9.62 Å². The van der Waals surface area contributed by atoms with E-state index in [1.54, 1.807) is 5.32 Å². The van der Waals surface area contributed by atoms with Gasteiger partial charge in [0, 0.05) is 12.2 Å². The van der Waals surface area contributed by atoms with Crippen LogP contribution in [-0.4, -0.2) is 37.6 Å². The average Bonchev–Trinajstić information content (AvgIpc) is 2.49. The summed E-state index contributed by atoms with van der Waals surface area (Å²) in [6, 6.07) is 1.50. The molecule has 0 saturated carbocycles. The van der Waals surface area contributed by atoms with Gasteiger partial charge >= 0.3 is 18.2 Å². The van der Waals surface area contributed by atoms with Crippen molar-refractivity contribution >= 4 is 27.8 Å². The van der Waals surface area contributed by atoms with E-state index in [2.05, 4.69) is 5.32 Å². The number of anilines is 1. The summed E-state index contributed by atoms with van der Waals surface area (Å²) >= 11 is 0. The monoisotopic (exact) mass is 395 g/mol. The van der Waals surface area contributed by atoms with Crippen LogP contribution in [0.2, 0.25) is 0 Å². The zero-order valence-electron chi connectivity index (χ0n) is 14.3. The molecule has 0 aliphatic rings. The van der Waals surface area contributed by atoms with E-state index >= 15 is 0 Å². The first-order valence-corrected chi connectivity index (χ1v) is 9.57. The minimum absolute atomic E-state index is 0.102. The third-order valence-corrected chi connectivity index (χ3v) is 4.41. The largest absolute Gasteiger partial charge is 0.416 e. The molecule has 0 aliphatic heterocycles. The highest BCUT2D eigenvalue weighted by molar-refractivity contribution is 7.88. The number of amides is 4. The van der Waals surface area contributed by atoms with E-state index < -0.39 is 33.8 Å². The van der Waals surface area contributed by atoms with Gasteiger partial charge in [-0.1, -0.05) is 25.8 Å². The Bertz CT molecular complexity index is 751. The topological polar surface area (TPSA) is 95.6 Å². The first kappa shape index (κ1) is 21.7. The van der Waals surface area contributed by atoms with Gasteiger partial charge in [0.15, 0.2) is 0 Å². The van der Waals surface area contributed by atoms with E-state index in [-0.39, 0.29) is 12.2 Å². The van der Waals surface area contributed by atoms with Crippen molar-refractivity contribution in [2.24, 2.45) is 0 Å². The Hall–Kier alpha value is -2.30. The summed E-state index contributed by atoms with van der Waals surface area (Å²) in [5.74, 6) is 0. The highest BCUT2D eigenvalue weighted by Crippen LogP contribution is 2.30. The number of hydrogen-bond donors (Lipinski definition) is 2. The first-order chi connectivity index (χ1) is 11.9. The maximum Gasteiger partial charge on any atom is 0.416 e. The Kier molecular flexibility index (Phi) is 7.42. The number of nitrogens with zero attached hydrogens (tertiary/aromatic N) is 1. The minimum Gasteiger partial charge on any atom is -0.308 e. The number of imide groups is 1. The van der Waals surface area contributed by atoms with Gasteiger partial charge in [-0.3, -0.25) is 5.32 Å². The Morgan fingerprint density at radius 1 is 1.19 bits per heavy atom. The summed E-state index contributed by atoms with van der Waals surface area (Å²) in [6.45, 7) is 1.79. The molecule has 0 aromatic heterocycles. The molecule has 0 fully saturated rings. The lowest BCUT2D eigenvalue weighted by Gasteiger charge is -2.20. The average molecular weight is 395 g/mol. The van der Waals surface area contributed by atoms with Crippen LogP contribution in [-0.2, 0) is 16.2 Å². The number of carbonyl (C=O) groups excluding carboxylic acids is 2. The molecule has 0 saturated heterocycles. The second kappa shape index (κ2) is 8.88. The smallest absolute Gasteiger partial charge is 0.308 e. The number of halogens is 3. The number of hydrogen-bond acceptors (Lipinski definition) is 4. The molecular weight excluding hydrogens is 375 g/mol. The van der Waals surface area contributed by atoms with E-state index in [1.807, 2.05) is 6.92 Å².